The molecule has 2 rings (SSSR count). The lowest BCUT2D eigenvalue weighted by atomic mass is 10.0. The molecule has 6 nitrogen and oxygen atoms in total. The first-order valence-electron chi connectivity index (χ1n) is 5.67. The molecule has 0 aliphatic carbocycles. The van der Waals surface area contributed by atoms with Crippen LogP contribution in [0.15, 0.2) is 11.0 Å². The molecule has 1 fully saturated rings. The Balaban J connectivity index is 2.48. The van der Waals surface area contributed by atoms with Gasteiger partial charge >= 0.3 is 5.69 Å². The highest BCUT2D eigenvalue weighted by Crippen LogP contribution is 2.42. The molecule has 1 aliphatic rings. The Morgan fingerprint density at radius 2 is 2.32 bits per heavy atom. The second kappa shape index (κ2) is 4.82. The fourth-order valence-corrected chi connectivity index (χ4v) is 2.35. The highest BCUT2D eigenvalue weighted by Gasteiger charge is 2.53. The van der Waals surface area contributed by atoms with Crippen molar-refractivity contribution in [3.63, 3.8) is 0 Å². The molecule has 8 heteroatoms. The molecule has 0 radical (unpaired) electrons. The minimum atomic E-state index is -1.37. The first kappa shape index (κ1) is 14.4. The molecule has 1 aromatic heterocycles. The molecule has 19 heavy (non-hydrogen) atoms. The average Bonchev–Trinajstić information content (AvgIpc) is 2.56. The van der Waals surface area contributed by atoms with Gasteiger partial charge in [0.15, 0.2) is 12.0 Å². The second-order valence-corrected chi connectivity index (χ2v) is 5.48. The lowest BCUT2D eigenvalue weighted by molar-refractivity contribution is -0.0473. The van der Waals surface area contributed by atoms with Crippen LogP contribution in [0.3, 0.4) is 0 Å². The molecule has 1 aromatic rings. The van der Waals surface area contributed by atoms with E-state index < -0.39 is 41.4 Å². The van der Waals surface area contributed by atoms with Crippen LogP contribution in [0.1, 0.15) is 18.8 Å². The van der Waals surface area contributed by atoms with Crippen molar-refractivity contribution in [2.24, 2.45) is 0 Å². The number of aryl methyl sites for hydroxylation is 1. The highest BCUT2D eigenvalue weighted by molar-refractivity contribution is 6.24. The first-order valence-corrected chi connectivity index (χ1v) is 6.05. The molecule has 2 N–H and O–H groups in total. The molecule has 106 valence electrons. The molecule has 0 amide bonds. The second-order valence-electron chi connectivity index (χ2n) is 4.67. The van der Waals surface area contributed by atoms with Crippen LogP contribution in [0.4, 0.5) is 4.39 Å². The molecule has 1 saturated heterocycles. The predicted octanol–water partition coefficient (Wildman–Crippen LogP) is -0.0611. The quantitative estimate of drug-likeness (QED) is 0.746. The molecular formula is C11H14ClFN2O4. The lowest BCUT2D eigenvalue weighted by Crippen LogP contribution is -2.42. The van der Waals surface area contributed by atoms with E-state index in [0.29, 0.717) is 0 Å². The molecule has 0 bridgehead atoms. The van der Waals surface area contributed by atoms with Crippen molar-refractivity contribution in [3.05, 3.63) is 28.2 Å². The summed E-state index contributed by atoms with van der Waals surface area (Å²) in [6, 6.07) is 0. The molecular weight excluding hydrogens is 279 g/mol. The molecule has 1 aliphatic heterocycles. The number of rotatable bonds is 2. The summed E-state index contributed by atoms with van der Waals surface area (Å²) in [5.74, 6) is -0.683. The average molecular weight is 293 g/mol. The van der Waals surface area contributed by atoms with Gasteiger partial charge in [-0.25, -0.2) is 9.18 Å². The zero-order valence-electron chi connectivity index (χ0n) is 10.4. The van der Waals surface area contributed by atoms with Crippen LogP contribution in [-0.2, 0) is 4.74 Å². The van der Waals surface area contributed by atoms with E-state index in [9.17, 15) is 14.3 Å². The van der Waals surface area contributed by atoms with E-state index in [1.54, 1.807) is 0 Å². The van der Waals surface area contributed by atoms with Gasteiger partial charge in [-0.05, 0) is 13.8 Å². The van der Waals surface area contributed by atoms with Gasteiger partial charge in [0.25, 0.3) is 0 Å². The minimum Gasteiger partial charge on any atom is -0.394 e. The Morgan fingerprint density at radius 1 is 1.68 bits per heavy atom. The summed E-state index contributed by atoms with van der Waals surface area (Å²) >= 11 is 6.16. The van der Waals surface area contributed by atoms with Crippen LogP contribution in [0.2, 0.25) is 0 Å². The topological polar surface area (TPSA) is 84.6 Å². The van der Waals surface area contributed by atoms with Gasteiger partial charge in [-0.15, -0.1) is 11.6 Å². The SMILES string of the molecule is Cc1nc(=O)n([C@@H]2O[C@H](CO)[C@@H](O)[C@@]2(C)Cl)cc1F. The van der Waals surface area contributed by atoms with Gasteiger partial charge in [0.2, 0.25) is 0 Å². The number of hydrogen-bond acceptors (Lipinski definition) is 5. The zero-order valence-corrected chi connectivity index (χ0v) is 11.1. The van der Waals surface area contributed by atoms with Gasteiger partial charge in [-0.3, -0.25) is 4.57 Å². The molecule has 0 unspecified atom stereocenters. The Hall–Kier alpha value is -1.02. The number of halogens is 2. The van der Waals surface area contributed by atoms with Crippen LogP contribution < -0.4 is 5.69 Å². The third-order valence-electron chi connectivity index (χ3n) is 3.23. The van der Waals surface area contributed by atoms with Crippen molar-refractivity contribution >= 4 is 11.6 Å². The molecule has 0 spiro atoms. The standard InChI is InChI=1S/C11H14ClFN2O4/c1-5-6(13)3-15(10(18)14-5)9-11(2,12)8(17)7(4-16)19-9/h3,7-9,16-17H,4H2,1-2H3/t7-,8-,9-,11-/m1/s1. The summed E-state index contributed by atoms with van der Waals surface area (Å²) < 4.78 is 19.7. The highest BCUT2D eigenvalue weighted by atomic mass is 35.5. The van der Waals surface area contributed by atoms with E-state index in [2.05, 4.69) is 4.98 Å². The largest absolute Gasteiger partial charge is 0.394 e. The maximum atomic E-state index is 13.5. The summed E-state index contributed by atoms with van der Waals surface area (Å²) in [7, 11) is 0. The number of ether oxygens (including phenoxy) is 1. The van der Waals surface area contributed by atoms with Crippen LogP contribution in [0, 0.1) is 12.7 Å². The molecule has 2 heterocycles. The summed E-state index contributed by atoms with van der Waals surface area (Å²) in [4.78, 5) is 13.9. The van der Waals surface area contributed by atoms with Crippen molar-refractivity contribution < 1.29 is 19.3 Å². The normalized spacial score (nSPS) is 34.7. The van der Waals surface area contributed by atoms with Gasteiger partial charge in [0, 0.05) is 6.20 Å². The van der Waals surface area contributed by atoms with Crippen molar-refractivity contribution in [1.82, 2.24) is 9.55 Å². The van der Waals surface area contributed by atoms with E-state index in [1.165, 1.54) is 13.8 Å². The molecule has 4 atom stereocenters. The number of aromatic nitrogens is 2. The lowest BCUT2D eigenvalue weighted by Gasteiger charge is -2.26. The number of nitrogens with zero attached hydrogens (tertiary/aromatic N) is 2. The third kappa shape index (κ3) is 2.27. The number of aliphatic hydroxyl groups is 2. The van der Waals surface area contributed by atoms with E-state index in [4.69, 9.17) is 21.4 Å². The smallest absolute Gasteiger partial charge is 0.350 e. The third-order valence-corrected chi connectivity index (χ3v) is 3.64. The van der Waals surface area contributed by atoms with Gasteiger partial charge in [0.05, 0.1) is 12.3 Å². The fraction of sp³-hybridized carbons (Fsp3) is 0.636. The summed E-state index contributed by atoms with van der Waals surface area (Å²) in [6.45, 7) is 2.35. The molecule has 0 saturated carbocycles. The Morgan fingerprint density at radius 3 is 2.84 bits per heavy atom. The maximum absolute atomic E-state index is 13.5. The zero-order chi connectivity index (χ0) is 14.4. The minimum absolute atomic E-state index is 0.0326. The van der Waals surface area contributed by atoms with E-state index in [0.717, 1.165) is 10.8 Å². The Kier molecular flexibility index (Phi) is 3.65. The first-order chi connectivity index (χ1) is 8.78. The number of alkyl halides is 1. The Bertz CT molecular complexity index is 548. The number of aliphatic hydroxyl groups excluding tert-OH is 2. The van der Waals surface area contributed by atoms with Gasteiger partial charge in [-0.1, -0.05) is 0 Å². The number of hydrogen-bond donors (Lipinski definition) is 2. The summed E-state index contributed by atoms with van der Waals surface area (Å²) in [6.07, 6.45) is -2.32. The summed E-state index contributed by atoms with van der Waals surface area (Å²) in [5, 5.41) is 19.0. The van der Waals surface area contributed by atoms with Gasteiger partial charge < -0.3 is 14.9 Å². The molecule has 0 aromatic carbocycles. The van der Waals surface area contributed by atoms with Gasteiger partial charge in [-0.2, -0.15) is 4.98 Å². The van der Waals surface area contributed by atoms with Crippen molar-refractivity contribution in [1.29, 1.82) is 0 Å². The Labute approximate surface area is 113 Å². The predicted molar refractivity (Wildman–Crippen MR) is 64.5 cm³/mol. The fourth-order valence-electron chi connectivity index (χ4n) is 2.06. The van der Waals surface area contributed by atoms with Crippen LogP contribution >= 0.6 is 11.6 Å². The van der Waals surface area contributed by atoms with E-state index in [-0.39, 0.29) is 5.69 Å². The maximum Gasteiger partial charge on any atom is 0.350 e. The van der Waals surface area contributed by atoms with Crippen LogP contribution in [-0.4, -0.2) is 43.5 Å². The van der Waals surface area contributed by atoms with Crippen molar-refractivity contribution in [2.75, 3.05) is 6.61 Å². The summed E-state index contributed by atoms with van der Waals surface area (Å²) in [5.41, 5.74) is -0.767. The van der Waals surface area contributed by atoms with Crippen molar-refractivity contribution in [3.8, 4) is 0 Å². The monoisotopic (exact) mass is 292 g/mol. The van der Waals surface area contributed by atoms with Crippen LogP contribution in [0.5, 0.6) is 0 Å². The van der Waals surface area contributed by atoms with Crippen molar-refractivity contribution in [2.45, 2.75) is 37.2 Å². The van der Waals surface area contributed by atoms with E-state index >= 15 is 0 Å². The van der Waals surface area contributed by atoms with E-state index in [1.807, 2.05) is 0 Å². The van der Waals surface area contributed by atoms with Gasteiger partial charge in [0.1, 0.15) is 17.1 Å². The van der Waals surface area contributed by atoms with Crippen LogP contribution in [0.25, 0.3) is 0 Å².